The largest absolute Gasteiger partial charge is 0.355 e. The molecule has 0 saturated heterocycles. The molecule has 0 aromatic heterocycles. The molecule has 0 aliphatic carbocycles. The summed E-state index contributed by atoms with van der Waals surface area (Å²) in [6.45, 7) is 9.11. The van der Waals surface area contributed by atoms with Crippen LogP contribution in [0.4, 0.5) is 10.1 Å². The lowest BCUT2D eigenvalue weighted by atomic mass is 10.1. The fourth-order valence-electron chi connectivity index (χ4n) is 4.24. The molecule has 9 heteroatoms. The Morgan fingerprint density at radius 1 is 0.897 bits per heavy atom. The summed E-state index contributed by atoms with van der Waals surface area (Å²) < 4.78 is 42.5. The normalized spacial score (nSPS) is 12.1. The molecule has 0 saturated carbocycles. The van der Waals surface area contributed by atoms with Gasteiger partial charge in [-0.2, -0.15) is 0 Å². The molecule has 0 aliphatic rings. The van der Waals surface area contributed by atoms with E-state index in [1.165, 1.54) is 29.2 Å². The van der Waals surface area contributed by atoms with Gasteiger partial charge in [-0.15, -0.1) is 0 Å². The van der Waals surface area contributed by atoms with Gasteiger partial charge in [-0.25, -0.2) is 12.8 Å². The maximum Gasteiger partial charge on any atom is 0.264 e. The molecule has 1 atom stereocenters. The molecule has 0 aliphatic heterocycles. The van der Waals surface area contributed by atoms with E-state index in [0.29, 0.717) is 24.2 Å². The minimum absolute atomic E-state index is 0.0140. The van der Waals surface area contributed by atoms with Gasteiger partial charge in [0, 0.05) is 13.1 Å². The second kappa shape index (κ2) is 12.9. The summed E-state index contributed by atoms with van der Waals surface area (Å²) in [7, 11) is -4.13. The number of carbonyl (C=O) groups excluding carboxylic acids is 2. The number of anilines is 1. The number of hydrogen-bond acceptors (Lipinski definition) is 4. The number of likely N-dealkylation sites (N-methyl/N-ethyl adjacent to an activating group) is 1. The van der Waals surface area contributed by atoms with Crippen molar-refractivity contribution in [2.24, 2.45) is 0 Å². The van der Waals surface area contributed by atoms with Crippen LogP contribution >= 0.6 is 0 Å². The first-order valence-electron chi connectivity index (χ1n) is 13.0. The van der Waals surface area contributed by atoms with Gasteiger partial charge in [-0.05, 0) is 87.2 Å². The van der Waals surface area contributed by atoms with Crippen LogP contribution in [0.5, 0.6) is 0 Å². The van der Waals surface area contributed by atoms with Crippen LogP contribution in [0.3, 0.4) is 0 Å². The highest BCUT2D eigenvalue weighted by Gasteiger charge is 2.33. The molecule has 3 aromatic carbocycles. The van der Waals surface area contributed by atoms with Gasteiger partial charge in [0.1, 0.15) is 18.4 Å². The van der Waals surface area contributed by atoms with Gasteiger partial charge in [0.15, 0.2) is 0 Å². The molecule has 0 bridgehead atoms. The maximum absolute atomic E-state index is 14.0. The number of aryl methyl sites for hydroxylation is 3. The van der Waals surface area contributed by atoms with Crippen molar-refractivity contribution in [2.45, 2.75) is 58.5 Å². The van der Waals surface area contributed by atoms with Gasteiger partial charge in [0.05, 0.1) is 10.6 Å². The minimum Gasteiger partial charge on any atom is -0.355 e. The summed E-state index contributed by atoms with van der Waals surface area (Å²) in [5.74, 6) is -1.31. The summed E-state index contributed by atoms with van der Waals surface area (Å²) in [6, 6.07) is 16.5. The van der Waals surface area contributed by atoms with Gasteiger partial charge >= 0.3 is 0 Å². The highest BCUT2D eigenvalue weighted by molar-refractivity contribution is 7.92. The van der Waals surface area contributed by atoms with E-state index in [0.717, 1.165) is 21.0 Å². The summed E-state index contributed by atoms with van der Waals surface area (Å²) >= 11 is 0. The number of benzene rings is 3. The Bertz CT molecular complexity index is 1410. The first-order chi connectivity index (χ1) is 18.5. The van der Waals surface area contributed by atoms with Crippen molar-refractivity contribution in [3.05, 3.63) is 94.8 Å². The summed E-state index contributed by atoms with van der Waals surface area (Å²) in [5, 5.41) is 2.76. The van der Waals surface area contributed by atoms with Crippen molar-refractivity contribution >= 4 is 27.5 Å². The van der Waals surface area contributed by atoms with E-state index in [1.807, 2.05) is 26.8 Å². The molecule has 0 fully saturated rings. The molecule has 0 radical (unpaired) electrons. The maximum atomic E-state index is 14.0. The van der Waals surface area contributed by atoms with Crippen LogP contribution in [0.25, 0.3) is 0 Å². The number of nitrogens with zero attached hydrogens (tertiary/aromatic N) is 2. The second-order valence-corrected chi connectivity index (χ2v) is 11.4. The summed E-state index contributed by atoms with van der Waals surface area (Å²) in [4.78, 5) is 28.3. The van der Waals surface area contributed by atoms with Crippen LogP contribution in [0.15, 0.2) is 71.6 Å². The van der Waals surface area contributed by atoms with Crippen molar-refractivity contribution < 1.29 is 22.4 Å². The van der Waals surface area contributed by atoms with Gasteiger partial charge in [0.2, 0.25) is 11.8 Å². The number of hydrogen-bond donors (Lipinski definition) is 1. The molecule has 1 N–H and O–H groups in total. The smallest absolute Gasteiger partial charge is 0.264 e. The fraction of sp³-hybridized carbons (Fsp3) is 0.333. The standard InChI is InChI=1S/C30H36FN3O4S/c1-6-28(30(36)32-7-2)33(19-24-11-13-25(31)14-12-24)29(35)20-34(26-15-10-22(4)23(5)18-26)39(37,38)27-16-8-21(3)9-17-27/h8-18,28H,6-7,19-20H2,1-5H3,(H,32,36)/t28-/m0/s1. The van der Waals surface area contributed by atoms with E-state index in [1.54, 1.807) is 50.2 Å². The minimum atomic E-state index is -4.13. The quantitative estimate of drug-likeness (QED) is 0.366. The Balaban J connectivity index is 2.08. The lowest BCUT2D eigenvalue weighted by Gasteiger charge is -2.33. The first-order valence-corrected chi connectivity index (χ1v) is 14.4. The van der Waals surface area contributed by atoms with E-state index in [9.17, 15) is 22.4 Å². The van der Waals surface area contributed by atoms with E-state index in [4.69, 9.17) is 0 Å². The van der Waals surface area contributed by atoms with E-state index in [-0.39, 0.29) is 17.3 Å². The van der Waals surface area contributed by atoms with Crippen LogP contribution in [-0.4, -0.2) is 44.3 Å². The molecule has 3 aromatic rings. The Labute approximate surface area is 230 Å². The third-order valence-electron chi connectivity index (χ3n) is 6.67. The first kappa shape index (κ1) is 29.8. The third kappa shape index (κ3) is 7.23. The number of carbonyl (C=O) groups is 2. The molecule has 208 valence electrons. The average Bonchev–Trinajstić information content (AvgIpc) is 2.90. The molecule has 3 rings (SSSR count). The average molecular weight is 554 g/mol. The topological polar surface area (TPSA) is 86.8 Å². The van der Waals surface area contributed by atoms with Gasteiger partial charge in [-0.3, -0.25) is 13.9 Å². The van der Waals surface area contributed by atoms with Crippen LogP contribution < -0.4 is 9.62 Å². The van der Waals surface area contributed by atoms with Crippen LogP contribution in [0.2, 0.25) is 0 Å². The Morgan fingerprint density at radius 3 is 2.10 bits per heavy atom. The third-order valence-corrected chi connectivity index (χ3v) is 8.46. The van der Waals surface area contributed by atoms with Gasteiger partial charge in [0.25, 0.3) is 10.0 Å². The Morgan fingerprint density at radius 2 is 1.54 bits per heavy atom. The molecular weight excluding hydrogens is 517 g/mol. The zero-order valence-corrected chi connectivity index (χ0v) is 23.9. The van der Waals surface area contributed by atoms with Gasteiger partial charge in [-0.1, -0.05) is 42.8 Å². The fourth-order valence-corrected chi connectivity index (χ4v) is 5.65. The monoisotopic (exact) mass is 553 g/mol. The van der Waals surface area contributed by atoms with E-state index >= 15 is 0 Å². The number of amides is 2. The number of sulfonamides is 1. The number of halogens is 1. The molecule has 7 nitrogen and oxygen atoms in total. The molecule has 0 spiro atoms. The Kier molecular flexibility index (Phi) is 9.86. The zero-order chi connectivity index (χ0) is 28.7. The summed E-state index contributed by atoms with van der Waals surface area (Å²) in [5.41, 5.74) is 3.73. The number of rotatable bonds is 11. The van der Waals surface area contributed by atoms with Crippen molar-refractivity contribution in [2.75, 3.05) is 17.4 Å². The molecule has 2 amide bonds. The lowest BCUT2D eigenvalue weighted by Crippen LogP contribution is -2.52. The zero-order valence-electron chi connectivity index (χ0n) is 23.1. The lowest BCUT2D eigenvalue weighted by molar-refractivity contribution is -0.140. The predicted molar refractivity (Wildman–Crippen MR) is 151 cm³/mol. The highest BCUT2D eigenvalue weighted by Crippen LogP contribution is 2.27. The van der Waals surface area contributed by atoms with Crippen LogP contribution in [0.1, 0.15) is 42.5 Å². The molecule has 0 heterocycles. The highest BCUT2D eigenvalue weighted by atomic mass is 32.2. The summed E-state index contributed by atoms with van der Waals surface area (Å²) in [6.07, 6.45) is 0.313. The van der Waals surface area contributed by atoms with Crippen molar-refractivity contribution in [1.82, 2.24) is 10.2 Å². The number of nitrogens with one attached hydrogen (secondary N) is 1. The van der Waals surface area contributed by atoms with E-state index < -0.39 is 34.3 Å². The van der Waals surface area contributed by atoms with Gasteiger partial charge < -0.3 is 10.2 Å². The van der Waals surface area contributed by atoms with Crippen molar-refractivity contribution in [1.29, 1.82) is 0 Å². The second-order valence-electron chi connectivity index (χ2n) is 9.56. The molecule has 39 heavy (non-hydrogen) atoms. The molecular formula is C30H36FN3O4S. The predicted octanol–water partition coefficient (Wildman–Crippen LogP) is 4.89. The van der Waals surface area contributed by atoms with Crippen molar-refractivity contribution in [3.63, 3.8) is 0 Å². The van der Waals surface area contributed by atoms with Crippen LogP contribution in [0, 0.1) is 26.6 Å². The molecule has 0 unspecified atom stereocenters. The van der Waals surface area contributed by atoms with Crippen LogP contribution in [-0.2, 0) is 26.2 Å². The van der Waals surface area contributed by atoms with Crippen molar-refractivity contribution in [3.8, 4) is 0 Å². The SMILES string of the molecule is CCNC(=O)[C@H](CC)N(Cc1ccc(F)cc1)C(=O)CN(c1ccc(C)c(C)c1)S(=O)(=O)c1ccc(C)cc1. The Hall–Kier alpha value is -3.72. The van der Waals surface area contributed by atoms with E-state index in [2.05, 4.69) is 5.32 Å².